The fraction of sp³-hybridized carbons (Fsp3) is 0.409. The maximum absolute atomic E-state index is 13.7. The summed E-state index contributed by atoms with van der Waals surface area (Å²) in [6.07, 6.45) is 3.97. The van der Waals surface area contributed by atoms with Crippen molar-refractivity contribution in [3.8, 4) is 0 Å². The van der Waals surface area contributed by atoms with Crippen LogP contribution < -0.4 is 10.6 Å². The number of carbonyl (C=O) groups excluding carboxylic acids is 2. The van der Waals surface area contributed by atoms with E-state index < -0.39 is 11.7 Å². The molecule has 7 heteroatoms. The van der Waals surface area contributed by atoms with Crippen LogP contribution in [0.3, 0.4) is 0 Å². The number of fused-ring (bicyclic) bond motifs is 1. The number of nitrogens with one attached hydrogen (secondary N) is 2. The summed E-state index contributed by atoms with van der Waals surface area (Å²) in [5.41, 5.74) is 0.437. The number of benzene rings is 1. The number of nitrogens with zero attached hydrogens (tertiary/aromatic N) is 1. The molecule has 1 aromatic carbocycles. The molecule has 1 aromatic heterocycles. The number of amides is 2. The fourth-order valence-corrected chi connectivity index (χ4v) is 4.86. The van der Waals surface area contributed by atoms with Crippen molar-refractivity contribution in [2.75, 3.05) is 0 Å². The third kappa shape index (κ3) is 4.13. The van der Waals surface area contributed by atoms with Crippen LogP contribution in [-0.2, 0) is 0 Å². The van der Waals surface area contributed by atoms with E-state index in [0.717, 1.165) is 19.3 Å². The van der Waals surface area contributed by atoms with Crippen LogP contribution in [0.25, 0.3) is 0 Å². The Morgan fingerprint density at radius 1 is 1.17 bits per heavy atom. The molecule has 2 aromatic rings. The van der Waals surface area contributed by atoms with Gasteiger partial charge in [-0.1, -0.05) is 18.5 Å². The number of carbonyl (C=O) groups is 2. The highest BCUT2D eigenvalue weighted by atomic mass is 35.5. The predicted octanol–water partition coefficient (Wildman–Crippen LogP) is 3.84. The zero-order chi connectivity index (χ0) is 20.5. The van der Waals surface area contributed by atoms with Crippen molar-refractivity contribution in [1.29, 1.82) is 0 Å². The van der Waals surface area contributed by atoms with Crippen molar-refractivity contribution in [2.24, 2.45) is 17.8 Å². The van der Waals surface area contributed by atoms with Crippen LogP contribution in [0.1, 0.15) is 47.0 Å². The average Bonchev–Trinajstić information content (AvgIpc) is 3.20. The Balaban J connectivity index is 1.31. The lowest BCUT2D eigenvalue weighted by Gasteiger charge is -2.22. The average molecular weight is 416 g/mol. The number of hydrogen-bond acceptors (Lipinski definition) is 3. The van der Waals surface area contributed by atoms with Crippen molar-refractivity contribution in [1.82, 2.24) is 15.6 Å². The molecule has 152 valence electrons. The molecule has 2 N–H and O–H groups in total. The van der Waals surface area contributed by atoms with Gasteiger partial charge >= 0.3 is 0 Å². The molecule has 5 atom stereocenters. The molecule has 29 heavy (non-hydrogen) atoms. The maximum Gasteiger partial charge on any atom is 0.273 e. The number of aromatic nitrogens is 1. The standard InChI is InChI=1S/C22H23ClFN3O2/c1-2-18(27-21(28)12-5-7-13(23)8-6-12)19-15-10-14(11-16(15)19)26-22(29)20-17(24)4-3-9-25-20/h3-9,14-16,18-19H,2,10-11H2,1H3,(H,26,29)(H,27,28)/t14?,15-,16+,18?,19?. The van der Waals surface area contributed by atoms with Gasteiger partial charge in [-0.2, -0.15) is 0 Å². The highest BCUT2D eigenvalue weighted by Gasteiger charge is 2.58. The van der Waals surface area contributed by atoms with Gasteiger partial charge in [0.1, 0.15) is 0 Å². The van der Waals surface area contributed by atoms with E-state index in [9.17, 15) is 14.0 Å². The molecule has 2 aliphatic rings. The third-order valence-corrected chi connectivity index (χ3v) is 6.40. The molecule has 0 bridgehead atoms. The van der Waals surface area contributed by atoms with Gasteiger partial charge in [-0.3, -0.25) is 9.59 Å². The SMILES string of the molecule is CCC(NC(=O)c1ccc(Cl)cc1)C1[C@H]2CC(NC(=O)c3ncccc3F)C[C@@H]12. The highest BCUT2D eigenvalue weighted by Crippen LogP contribution is 2.59. The van der Waals surface area contributed by atoms with Gasteiger partial charge in [0, 0.05) is 28.9 Å². The van der Waals surface area contributed by atoms with Crippen LogP contribution in [0.2, 0.25) is 5.02 Å². The summed E-state index contributed by atoms with van der Waals surface area (Å²) < 4.78 is 13.7. The Hall–Kier alpha value is -2.47. The first-order valence-electron chi connectivity index (χ1n) is 9.95. The van der Waals surface area contributed by atoms with Gasteiger partial charge in [-0.25, -0.2) is 9.37 Å². The van der Waals surface area contributed by atoms with E-state index in [2.05, 4.69) is 22.5 Å². The molecule has 5 nitrogen and oxygen atoms in total. The summed E-state index contributed by atoms with van der Waals surface area (Å²) in [5, 5.41) is 6.66. The van der Waals surface area contributed by atoms with Gasteiger partial charge in [-0.15, -0.1) is 0 Å². The van der Waals surface area contributed by atoms with E-state index in [1.165, 1.54) is 18.3 Å². The Morgan fingerprint density at radius 3 is 2.48 bits per heavy atom. The highest BCUT2D eigenvalue weighted by molar-refractivity contribution is 6.30. The first kappa shape index (κ1) is 19.8. The minimum absolute atomic E-state index is 0.0274. The molecule has 0 saturated heterocycles. The second-order valence-corrected chi connectivity index (χ2v) is 8.31. The summed E-state index contributed by atoms with van der Waals surface area (Å²) in [7, 11) is 0. The Kier molecular flexibility index (Phi) is 5.54. The molecule has 2 saturated carbocycles. The van der Waals surface area contributed by atoms with E-state index in [0.29, 0.717) is 28.3 Å². The number of hydrogen-bond donors (Lipinski definition) is 2. The molecular formula is C22H23ClFN3O2. The molecule has 1 heterocycles. The van der Waals surface area contributed by atoms with Crippen molar-refractivity contribution >= 4 is 23.4 Å². The summed E-state index contributed by atoms with van der Waals surface area (Å²) in [4.78, 5) is 28.6. The summed E-state index contributed by atoms with van der Waals surface area (Å²) in [6.45, 7) is 2.07. The first-order valence-corrected chi connectivity index (χ1v) is 10.3. The molecule has 3 unspecified atom stereocenters. The number of pyridine rings is 1. The lowest BCUT2D eigenvalue weighted by atomic mass is 9.99. The number of halogens is 2. The van der Waals surface area contributed by atoms with E-state index in [1.807, 2.05) is 0 Å². The van der Waals surface area contributed by atoms with Crippen LogP contribution in [-0.4, -0.2) is 28.9 Å². The second kappa shape index (κ2) is 8.11. The van der Waals surface area contributed by atoms with Gasteiger partial charge in [-0.05, 0) is 73.4 Å². The van der Waals surface area contributed by atoms with Crippen LogP contribution in [0.5, 0.6) is 0 Å². The van der Waals surface area contributed by atoms with E-state index >= 15 is 0 Å². The van der Waals surface area contributed by atoms with Gasteiger partial charge in [0.25, 0.3) is 11.8 Å². The fourth-order valence-electron chi connectivity index (χ4n) is 4.74. The summed E-state index contributed by atoms with van der Waals surface area (Å²) >= 11 is 5.89. The number of rotatable bonds is 6. The quantitative estimate of drug-likeness (QED) is 0.753. The summed E-state index contributed by atoms with van der Waals surface area (Å²) in [6, 6.07) is 9.70. The van der Waals surface area contributed by atoms with E-state index in [4.69, 9.17) is 11.6 Å². The topological polar surface area (TPSA) is 71.1 Å². The molecular weight excluding hydrogens is 393 g/mol. The van der Waals surface area contributed by atoms with Gasteiger partial charge in [0.15, 0.2) is 11.5 Å². The van der Waals surface area contributed by atoms with Crippen LogP contribution in [0.15, 0.2) is 42.6 Å². The molecule has 4 rings (SSSR count). The van der Waals surface area contributed by atoms with Gasteiger partial charge < -0.3 is 10.6 Å². The molecule has 2 aliphatic carbocycles. The molecule has 2 amide bonds. The molecule has 2 fully saturated rings. The van der Waals surface area contributed by atoms with Crippen LogP contribution in [0, 0.1) is 23.6 Å². The molecule has 0 aliphatic heterocycles. The van der Waals surface area contributed by atoms with Crippen molar-refractivity contribution in [3.63, 3.8) is 0 Å². The second-order valence-electron chi connectivity index (χ2n) is 7.88. The van der Waals surface area contributed by atoms with E-state index in [-0.39, 0.29) is 23.7 Å². The molecule has 0 spiro atoms. The Labute approximate surface area is 174 Å². The lowest BCUT2D eigenvalue weighted by Crippen LogP contribution is -2.39. The van der Waals surface area contributed by atoms with E-state index in [1.54, 1.807) is 24.3 Å². The van der Waals surface area contributed by atoms with Crippen LogP contribution >= 0.6 is 11.6 Å². The maximum atomic E-state index is 13.7. The molecule has 0 radical (unpaired) electrons. The smallest absolute Gasteiger partial charge is 0.273 e. The largest absolute Gasteiger partial charge is 0.349 e. The minimum atomic E-state index is -0.609. The van der Waals surface area contributed by atoms with Gasteiger partial charge in [0.05, 0.1) is 0 Å². The Bertz CT molecular complexity index is 909. The zero-order valence-electron chi connectivity index (χ0n) is 16.1. The first-order chi connectivity index (χ1) is 14.0. The monoisotopic (exact) mass is 415 g/mol. The Morgan fingerprint density at radius 2 is 1.86 bits per heavy atom. The third-order valence-electron chi connectivity index (χ3n) is 6.15. The predicted molar refractivity (Wildman–Crippen MR) is 108 cm³/mol. The van der Waals surface area contributed by atoms with Crippen molar-refractivity contribution in [2.45, 2.75) is 38.3 Å². The normalized spacial score (nSPS) is 25.8. The minimum Gasteiger partial charge on any atom is -0.349 e. The van der Waals surface area contributed by atoms with Gasteiger partial charge in [0.2, 0.25) is 0 Å². The lowest BCUT2D eigenvalue weighted by molar-refractivity contribution is 0.0923. The zero-order valence-corrected chi connectivity index (χ0v) is 16.8. The summed E-state index contributed by atoms with van der Waals surface area (Å²) in [5.74, 6) is 0.217. The van der Waals surface area contributed by atoms with Crippen molar-refractivity contribution in [3.05, 3.63) is 64.7 Å². The van der Waals surface area contributed by atoms with Crippen LogP contribution in [0.4, 0.5) is 4.39 Å². The van der Waals surface area contributed by atoms with Crippen molar-refractivity contribution < 1.29 is 14.0 Å².